The predicted octanol–water partition coefficient (Wildman–Crippen LogP) is 4.54. The molecule has 0 bridgehead atoms. The van der Waals surface area contributed by atoms with Crippen LogP contribution in [-0.4, -0.2) is 23.1 Å². The molecule has 0 fully saturated rings. The summed E-state index contributed by atoms with van der Waals surface area (Å²) in [5.41, 5.74) is 0. The van der Waals surface area contributed by atoms with Crippen LogP contribution in [0.25, 0.3) is 0 Å². The van der Waals surface area contributed by atoms with Crippen molar-refractivity contribution in [3.63, 3.8) is 0 Å². The lowest BCUT2D eigenvalue weighted by Gasteiger charge is -2.19. The second-order valence-corrected chi connectivity index (χ2v) is 7.06. The predicted molar refractivity (Wildman–Crippen MR) is 87.6 cm³/mol. The van der Waals surface area contributed by atoms with Gasteiger partial charge in [0, 0.05) is 16.3 Å². The van der Waals surface area contributed by atoms with Gasteiger partial charge in [0.2, 0.25) is 5.91 Å². The number of thiophene rings is 1. The van der Waals surface area contributed by atoms with Gasteiger partial charge in [0.1, 0.15) is 0 Å². The molecule has 1 aromatic carbocycles. The van der Waals surface area contributed by atoms with E-state index in [1.165, 1.54) is 11.3 Å². The summed E-state index contributed by atoms with van der Waals surface area (Å²) < 4.78 is 0.766. The maximum Gasteiger partial charge on any atom is 0.233 e. The Morgan fingerprint density at radius 2 is 2.00 bits per heavy atom. The normalized spacial score (nSPS) is 10.5. The first-order chi connectivity index (χ1) is 9.69. The SMILES string of the molecule is CCN(Cc1ccc(Cl)s1)C(=O)CSc1ccccc1. The second kappa shape index (κ2) is 7.72. The third-order valence-corrected chi connectivity index (χ3v) is 5.03. The Morgan fingerprint density at radius 1 is 1.25 bits per heavy atom. The van der Waals surface area contributed by atoms with Crippen LogP contribution in [0.1, 0.15) is 11.8 Å². The molecule has 2 aromatic rings. The molecule has 1 aromatic heterocycles. The van der Waals surface area contributed by atoms with Gasteiger partial charge in [-0.3, -0.25) is 4.79 Å². The van der Waals surface area contributed by atoms with Crippen molar-refractivity contribution in [3.05, 3.63) is 51.7 Å². The van der Waals surface area contributed by atoms with Gasteiger partial charge in [-0.25, -0.2) is 0 Å². The van der Waals surface area contributed by atoms with E-state index in [2.05, 4.69) is 0 Å². The molecule has 0 unspecified atom stereocenters. The smallest absolute Gasteiger partial charge is 0.233 e. The molecule has 0 N–H and O–H groups in total. The average Bonchev–Trinajstić information content (AvgIpc) is 2.88. The van der Waals surface area contributed by atoms with E-state index in [1.54, 1.807) is 11.8 Å². The highest BCUT2D eigenvalue weighted by molar-refractivity contribution is 8.00. The maximum absolute atomic E-state index is 12.2. The number of halogens is 1. The standard InChI is InChI=1S/C15H16ClNOS2/c1-2-17(10-13-8-9-14(16)20-13)15(18)11-19-12-6-4-3-5-7-12/h3-9H,2,10-11H2,1H3. The molecule has 20 heavy (non-hydrogen) atoms. The van der Waals surface area contributed by atoms with Crippen LogP contribution < -0.4 is 0 Å². The fourth-order valence-corrected chi connectivity index (χ4v) is 3.68. The van der Waals surface area contributed by atoms with E-state index in [-0.39, 0.29) is 5.91 Å². The first kappa shape index (κ1) is 15.4. The van der Waals surface area contributed by atoms with Crippen LogP contribution in [0.5, 0.6) is 0 Å². The molecular formula is C15H16ClNOS2. The number of carbonyl (C=O) groups is 1. The van der Waals surface area contributed by atoms with Gasteiger partial charge < -0.3 is 4.90 Å². The largest absolute Gasteiger partial charge is 0.337 e. The number of rotatable bonds is 6. The highest BCUT2D eigenvalue weighted by atomic mass is 35.5. The lowest BCUT2D eigenvalue weighted by atomic mass is 10.4. The van der Waals surface area contributed by atoms with E-state index >= 15 is 0 Å². The Hall–Kier alpha value is -0.970. The minimum atomic E-state index is 0.158. The van der Waals surface area contributed by atoms with Gasteiger partial charge in [-0.05, 0) is 31.2 Å². The van der Waals surface area contributed by atoms with Crippen molar-refractivity contribution in [3.8, 4) is 0 Å². The Morgan fingerprint density at radius 3 is 2.60 bits per heavy atom. The number of carbonyl (C=O) groups excluding carboxylic acids is 1. The van der Waals surface area contributed by atoms with Crippen LogP contribution in [0.4, 0.5) is 0 Å². The molecule has 0 saturated heterocycles. The fraction of sp³-hybridized carbons (Fsp3) is 0.267. The molecule has 5 heteroatoms. The minimum Gasteiger partial charge on any atom is -0.337 e. The summed E-state index contributed by atoms with van der Waals surface area (Å²) in [6.07, 6.45) is 0. The molecule has 0 aliphatic rings. The molecule has 0 radical (unpaired) electrons. The Kier molecular flexibility index (Phi) is 5.95. The summed E-state index contributed by atoms with van der Waals surface area (Å²) in [6, 6.07) is 13.8. The fourth-order valence-electron chi connectivity index (χ4n) is 1.75. The van der Waals surface area contributed by atoms with E-state index < -0.39 is 0 Å². The maximum atomic E-state index is 12.2. The van der Waals surface area contributed by atoms with Crippen molar-refractivity contribution in [1.82, 2.24) is 4.90 Å². The zero-order chi connectivity index (χ0) is 14.4. The van der Waals surface area contributed by atoms with Crippen molar-refractivity contribution in [2.45, 2.75) is 18.4 Å². The van der Waals surface area contributed by atoms with Gasteiger partial charge in [0.15, 0.2) is 0 Å². The second-order valence-electron chi connectivity index (χ2n) is 4.22. The van der Waals surface area contributed by atoms with Crippen molar-refractivity contribution >= 4 is 40.6 Å². The van der Waals surface area contributed by atoms with Crippen LogP contribution in [0.15, 0.2) is 47.4 Å². The van der Waals surface area contributed by atoms with Crippen LogP contribution >= 0.6 is 34.7 Å². The third kappa shape index (κ3) is 4.54. The summed E-state index contributed by atoms with van der Waals surface area (Å²) in [5, 5.41) is 0. The molecule has 0 aliphatic carbocycles. The molecule has 0 spiro atoms. The highest BCUT2D eigenvalue weighted by Gasteiger charge is 2.13. The lowest BCUT2D eigenvalue weighted by Crippen LogP contribution is -2.31. The molecule has 0 aliphatic heterocycles. The molecule has 2 nitrogen and oxygen atoms in total. The van der Waals surface area contributed by atoms with Crippen molar-refractivity contribution in [1.29, 1.82) is 0 Å². The van der Waals surface area contributed by atoms with Gasteiger partial charge in [0.05, 0.1) is 16.6 Å². The van der Waals surface area contributed by atoms with E-state index in [0.717, 1.165) is 14.1 Å². The number of hydrogen-bond acceptors (Lipinski definition) is 3. The van der Waals surface area contributed by atoms with Gasteiger partial charge in [-0.2, -0.15) is 0 Å². The van der Waals surface area contributed by atoms with Crippen LogP contribution in [0.2, 0.25) is 4.34 Å². The zero-order valence-electron chi connectivity index (χ0n) is 11.2. The minimum absolute atomic E-state index is 0.158. The van der Waals surface area contributed by atoms with Gasteiger partial charge >= 0.3 is 0 Å². The van der Waals surface area contributed by atoms with Crippen molar-refractivity contribution in [2.75, 3.05) is 12.3 Å². The summed E-state index contributed by atoms with van der Waals surface area (Å²) in [5.74, 6) is 0.627. The van der Waals surface area contributed by atoms with Crippen molar-refractivity contribution in [2.24, 2.45) is 0 Å². The number of nitrogens with zero attached hydrogens (tertiary/aromatic N) is 1. The van der Waals surface area contributed by atoms with Gasteiger partial charge in [-0.1, -0.05) is 29.8 Å². The first-order valence-electron chi connectivity index (χ1n) is 6.39. The lowest BCUT2D eigenvalue weighted by molar-refractivity contribution is -0.128. The Balaban J connectivity index is 1.89. The number of amides is 1. The Bertz CT molecular complexity index is 556. The molecule has 0 atom stereocenters. The van der Waals surface area contributed by atoms with E-state index in [4.69, 9.17) is 11.6 Å². The summed E-state index contributed by atoms with van der Waals surface area (Å²) >= 11 is 9.02. The molecule has 1 heterocycles. The summed E-state index contributed by atoms with van der Waals surface area (Å²) in [6.45, 7) is 3.35. The molecule has 1 amide bonds. The quantitative estimate of drug-likeness (QED) is 0.727. The van der Waals surface area contributed by atoms with Crippen LogP contribution in [0, 0.1) is 0 Å². The highest BCUT2D eigenvalue weighted by Crippen LogP contribution is 2.23. The molecule has 106 valence electrons. The van der Waals surface area contributed by atoms with Crippen LogP contribution in [-0.2, 0) is 11.3 Å². The van der Waals surface area contributed by atoms with E-state index in [9.17, 15) is 4.79 Å². The van der Waals surface area contributed by atoms with E-state index in [1.807, 2.05) is 54.3 Å². The molecule has 2 rings (SSSR count). The van der Waals surface area contributed by atoms with Crippen molar-refractivity contribution < 1.29 is 4.79 Å². The monoisotopic (exact) mass is 325 g/mol. The van der Waals surface area contributed by atoms with Gasteiger partial charge in [0.25, 0.3) is 0 Å². The van der Waals surface area contributed by atoms with Crippen LogP contribution in [0.3, 0.4) is 0 Å². The molecular weight excluding hydrogens is 310 g/mol. The number of benzene rings is 1. The van der Waals surface area contributed by atoms with E-state index in [0.29, 0.717) is 18.8 Å². The topological polar surface area (TPSA) is 20.3 Å². The van der Waals surface area contributed by atoms with Gasteiger partial charge in [-0.15, -0.1) is 23.1 Å². The zero-order valence-corrected chi connectivity index (χ0v) is 13.6. The summed E-state index contributed by atoms with van der Waals surface area (Å²) in [7, 11) is 0. The number of thioether (sulfide) groups is 1. The summed E-state index contributed by atoms with van der Waals surface area (Å²) in [4.78, 5) is 16.3. The third-order valence-electron chi connectivity index (χ3n) is 2.82. The average molecular weight is 326 g/mol. The Labute approximate surface area is 132 Å². The first-order valence-corrected chi connectivity index (χ1v) is 8.57. The molecule has 0 saturated carbocycles. The number of hydrogen-bond donors (Lipinski definition) is 0.